The monoisotopic (exact) mass is 1880 g/mol. The average molecular weight is 1880 g/mol. The van der Waals surface area contributed by atoms with Gasteiger partial charge in [0.1, 0.15) is 0 Å². The molecule has 30 aromatic carbocycles. The van der Waals surface area contributed by atoms with Gasteiger partial charge in [-0.1, -0.05) is 388 Å². The zero-order chi connectivity index (χ0) is 97.4. The van der Waals surface area contributed by atoms with Crippen molar-refractivity contribution in [3.05, 3.63) is 558 Å². The first-order chi connectivity index (χ1) is 73.3. The summed E-state index contributed by atoms with van der Waals surface area (Å²) >= 11 is 0. The summed E-state index contributed by atoms with van der Waals surface area (Å²) in [7, 11) is 0. The molecule has 148 heavy (non-hydrogen) atoms. The Morgan fingerprint density at radius 3 is 0.412 bits per heavy atom. The van der Waals surface area contributed by atoms with Gasteiger partial charge in [-0.25, -0.2) is 0 Å². The van der Waals surface area contributed by atoms with E-state index in [9.17, 15) is 0 Å². The number of anilines is 12. The third kappa shape index (κ3) is 14.7. The summed E-state index contributed by atoms with van der Waals surface area (Å²) in [4.78, 5) is 9.67. The molecule has 0 amide bonds. The molecule has 0 unspecified atom stereocenters. The van der Waals surface area contributed by atoms with Crippen molar-refractivity contribution < 1.29 is 0 Å². The number of hydrogen-bond donors (Lipinski definition) is 0. The Kier molecular flexibility index (Phi) is 20.3. The number of fused-ring (bicyclic) bond motifs is 30. The maximum atomic E-state index is 2.48. The minimum atomic E-state index is 1.10. The van der Waals surface area contributed by atoms with Crippen molar-refractivity contribution in [2.75, 3.05) is 19.6 Å². The van der Waals surface area contributed by atoms with E-state index in [1.807, 2.05) is 0 Å². The second kappa shape index (κ2) is 35.3. The smallest absolute Gasteiger partial charge is 0.0468 e. The summed E-state index contributed by atoms with van der Waals surface area (Å²) in [6, 6.07) is 206. The molecule has 0 bridgehead atoms. The van der Waals surface area contributed by atoms with Gasteiger partial charge in [0.05, 0.1) is 0 Å². The lowest BCUT2D eigenvalue weighted by Crippen LogP contribution is -2.10. The van der Waals surface area contributed by atoms with Gasteiger partial charge >= 0.3 is 0 Å². The Hall–Kier alpha value is -19.5. The molecule has 0 fully saturated rings. The maximum Gasteiger partial charge on any atom is 0.0468 e. The zero-order valence-corrected chi connectivity index (χ0v) is 80.9. The third-order valence-electron chi connectivity index (χ3n) is 31.0. The normalized spacial score (nSPS) is 11.8. The Morgan fingerprint density at radius 1 is 0.0743 bits per heavy atom. The van der Waals surface area contributed by atoms with Gasteiger partial charge in [0.25, 0.3) is 0 Å². The summed E-state index contributed by atoms with van der Waals surface area (Å²) in [5.41, 5.74) is 18.2. The van der Waals surface area contributed by atoms with Crippen LogP contribution < -0.4 is 19.6 Å². The minimum absolute atomic E-state index is 1.10. The summed E-state index contributed by atoms with van der Waals surface area (Å²) in [5.74, 6) is 0. The molecule has 0 aliphatic carbocycles. The van der Waals surface area contributed by atoms with Crippen LogP contribution in [0.1, 0.15) is 0 Å². The second-order valence-electron chi connectivity index (χ2n) is 39.3. The van der Waals surface area contributed by atoms with Crippen molar-refractivity contribution in [1.29, 1.82) is 0 Å². The van der Waals surface area contributed by atoms with Crippen LogP contribution in [-0.4, -0.2) is 0 Å². The quantitative estimate of drug-likeness (QED) is 0.0795. The fourth-order valence-electron chi connectivity index (χ4n) is 23.9. The molecule has 0 saturated heterocycles. The van der Waals surface area contributed by atoms with E-state index >= 15 is 0 Å². The molecular weight excluding hydrogens is 1790 g/mol. The van der Waals surface area contributed by atoms with Gasteiger partial charge in [-0.05, 0) is 386 Å². The minimum Gasteiger partial charge on any atom is -0.310 e. The van der Waals surface area contributed by atoms with E-state index < -0.39 is 0 Å². The first-order valence-corrected chi connectivity index (χ1v) is 51.1. The third-order valence-corrected chi connectivity index (χ3v) is 31.0. The molecule has 0 heterocycles. The van der Waals surface area contributed by atoms with E-state index in [1.165, 1.54) is 216 Å². The SMILES string of the molecule is c1ccc(-c2ccc(N(c3ccc4ccccc4c3)c3ccc4c(c3)c3ccccc3c3cc5c6ccc(N(c7ccc(-c8ccccc8)cc7)c7ccc8ccccc8c7)cc6c6ccccc6c5cc43)cc2)cc1.c1ccc2cc(N(c3ccc4ccccc4c3)c3ccc4c(c3)c3ccccc3c3cc5c6ccc(N(c7ccc8ccccc8c7)c7ccc8ccccc8c7)cc6c6ccccc6c5cc43)ccc2c1. The van der Waals surface area contributed by atoms with Gasteiger partial charge in [-0.2, -0.15) is 0 Å². The highest BCUT2D eigenvalue weighted by Gasteiger charge is 2.26. The Balaban J connectivity index is 0.000000140. The van der Waals surface area contributed by atoms with Crippen LogP contribution >= 0.6 is 0 Å². The van der Waals surface area contributed by atoms with Gasteiger partial charge in [-0.3, -0.25) is 0 Å². The van der Waals surface area contributed by atoms with Crippen molar-refractivity contribution in [3.63, 3.8) is 0 Å². The van der Waals surface area contributed by atoms with Gasteiger partial charge in [-0.15, -0.1) is 0 Å². The molecule has 0 radical (unpaired) electrons. The fraction of sp³-hybridized carbons (Fsp3) is 0. The highest BCUT2D eigenvalue weighted by Crippen LogP contribution is 2.52. The topological polar surface area (TPSA) is 13.0 Å². The predicted octanol–water partition coefficient (Wildman–Crippen LogP) is 41.3. The molecule has 0 N–H and O–H groups in total. The van der Waals surface area contributed by atoms with Crippen LogP contribution in [0.4, 0.5) is 68.2 Å². The highest BCUT2D eigenvalue weighted by atomic mass is 15.2. The van der Waals surface area contributed by atoms with E-state index in [2.05, 4.69) is 578 Å². The Morgan fingerprint density at radius 2 is 0.209 bits per heavy atom. The number of hydrogen-bond acceptors (Lipinski definition) is 4. The Bertz CT molecular complexity index is 9910. The van der Waals surface area contributed by atoms with E-state index in [4.69, 9.17) is 0 Å². The fourth-order valence-corrected chi connectivity index (χ4v) is 23.9. The molecular formula is C144H92N4. The molecule has 0 saturated carbocycles. The molecule has 30 rings (SSSR count). The number of rotatable bonds is 14. The Labute approximate surface area is 855 Å². The van der Waals surface area contributed by atoms with Crippen molar-refractivity contribution in [2.24, 2.45) is 0 Å². The molecule has 0 aliphatic rings. The van der Waals surface area contributed by atoms with Crippen LogP contribution in [0.2, 0.25) is 0 Å². The number of nitrogens with zero attached hydrogens (tertiary/aromatic N) is 4. The van der Waals surface area contributed by atoms with Crippen molar-refractivity contribution in [1.82, 2.24) is 0 Å². The molecule has 4 heteroatoms. The van der Waals surface area contributed by atoms with E-state index in [0.717, 1.165) is 68.2 Å². The first-order valence-electron chi connectivity index (χ1n) is 51.1. The molecule has 4 nitrogen and oxygen atoms in total. The average Bonchev–Trinajstić information content (AvgIpc) is 0.712. The summed E-state index contributed by atoms with van der Waals surface area (Å²) in [5, 5.41) is 44.5. The van der Waals surface area contributed by atoms with Crippen molar-refractivity contribution >= 4 is 262 Å². The zero-order valence-electron chi connectivity index (χ0n) is 80.9. The van der Waals surface area contributed by atoms with Gasteiger partial charge in [0, 0.05) is 68.2 Å². The highest BCUT2D eigenvalue weighted by molar-refractivity contribution is 6.36. The van der Waals surface area contributed by atoms with Gasteiger partial charge in [0.15, 0.2) is 0 Å². The molecule has 0 spiro atoms. The van der Waals surface area contributed by atoms with Crippen LogP contribution in [0.15, 0.2) is 558 Å². The van der Waals surface area contributed by atoms with Crippen LogP contribution in [0, 0.1) is 0 Å². The summed E-state index contributed by atoms with van der Waals surface area (Å²) < 4.78 is 0. The van der Waals surface area contributed by atoms with Crippen LogP contribution in [0.25, 0.3) is 216 Å². The van der Waals surface area contributed by atoms with Gasteiger partial charge < -0.3 is 19.6 Å². The van der Waals surface area contributed by atoms with Crippen molar-refractivity contribution in [3.8, 4) is 22.3 Å². The first kappa shape index (κ1) is 85.3. The molecule has 688 valence electrons. The van der Waals surface area contributed by atoms with Crippen molar-refractivity contribution in [2.45, 2.75) is 0 Å². The molecule has 0 aliphatic heterocycles. The molecule has 30 aromatic rings. The standard InChI is InChI=1S/C74H48N2.C70H44N2/c1-3-15-49(16-4-1)53-27-33-57(34-28-53)75(59-37-31-51-19-7-9-21-55(51)43-59)61-39-41-67-69(45-61)63-23-11-13-25-65(63)71-48-74-68-42-40-62(46-70(68)64-24-12-14-26-66(64)72(74)47-73(67)71)76(60-38-32-52-20-8-10-22-56(52)44-60)58-35-29-54(30-36-58)50-17-5-2-6-18-50;1-5-17-49-37-53(29-25-45(49)13-1)71(54-30-26-46-14-2-6-18-50(46)38-54)57-33-35-63-65(41-57)59-21-9-11-23-61(59)67-44-70-64-36-34-58(42-66(64)60-22-10-12-24-62(60)68(70)43-69(63)67)72(55-31-27-47-15-3-7-19-51(47)39-55)56-32-28-48-16-4-8-20-52(48)40-56/h1-48H;1-44H. The van der Waals surface area contributed by atoms with E-state index in [1.54, 1.807) is 0 Å². The molecule has 0 aromatic heterocycles. The predicted molar refractivity (Wildman–Crippen MR) is 638 cm³/mol. The van der Waals surface area contributed by atoms with Crippen LogP contribution in [0.5, 0.6) is 0 Å². The lowest BCUT2D eigenvalue weighted by Gasteiger charge is -2.27. The summed E-state index contributed by atoms with van der Waals surface area (Å²) in [6.45, 7) is 0. The lowest BCUT2D eigenvalue weighted by atomic mass is 9.88. The van der Waals surface area contributed by atoms with Crippen LogP contribution in [-0.2, 0) is 0 Å². The largest absolute Gasteiger partial charge is 0.310 e. The molecule has 0 atom stereocenters. The van der Waals surface area contributed by atoms with Gasteiger partial charge in [0.2, 0.25) is 0 Å². The van der Waals surface area contributed by atoms with E-state index in [0.29, 0.717) is 0 Å². The number of benzene rings is 30. The van der Waals surface area contributed by atoms with E-state index in [-0.39, 0.29) is 0 Å². The second-order valence-corrected chi connectivity index (χ2v) is 39.3. The van der Waals surface area contributed by atoms with Crippen LogP contribution in [0.3, 0.4) is 0 Å². The lowest BCUT2D eigenvalue weighted by molar-refractivity contribution is 1.29. The summed E-state index contributed by atoms with van der Waals surface area (Å²) in [6.07, 6.45) is 0. The maximum absolute atomic E-state index is 2.48.